The molecule has 0 N–H and O–H groups in total. The number of halogens is 1. The number of furan rings is 1. The topological polar surface area (TPSA) is 63.7 Å². The number of aromatic nitrogens is 2. The predicted molar refractivity (Wildman–Crippen MR) is 129 cm³/mol. The van der Waals surface area contributed by atoms with Crippen LogP contribution in [0.2, 0.25) is 0 Å². The number of anilines is 1. The molecule has 1 unspecified atom stereocenters. The Morgan fingerprint density at radius 2 is 1.91 bits per heavy atom. The number of alkyl halides is 1. The molecule has 0 aliphatic carbocycles. The van der Waals surface area contributed by atoms with Gasteiger partial charge in [0.05, 0.1) is 23.6 Å². The number of rotatable bonds is 6. The lowest BCUT2D eigenvalue weighted by Gasteiger charge is -2.35. The van der Waals surface area contributed by atoms with Crippen molar-refractivity contribution in [3.63, 3.8) is 0 Å². The highest BCUT2D eigenvalue weighted by atomic mass is 19.1. The Hall–Kier alpha value is -3.81. The summed E-state index contributed by atoms with van der Waals surface area (Å²) in [5.74, 6) is 0. The van der Waals surface area contributed by atoms with Crippen molar-refractivity contribution in [1.82, 2.24) is 14.5 Å². The van der Waals surface area contributed by atoms with E-state index in [4.69, 9.17) is 9.15 Å². The molecule has 176 valence electrons. The molecule has 1 amide bonds. The lowest BCUT2D eigenvalue weighted by atomic mass is 10.1. The Morgan fingerprint density at radius 3 is 2.68 bits per heavy atom. The van der Waals surface area contributed by atoms with Crippen LogP contribution in [0.4, 0.5) is 14.9 Å². The summed E-state index contributed by atoms with van der Waals surface area (Å²) in [4.78, 5) is 20.6. The molecule has 1 fully saturated rings. The van der Waals surface area contributed by atoms with Gasteiger partial charge in [-0.3, -0.25) is 4.57 Å². The molecule has 1 saturated heterocycles. The molecule has 2 aromatic carbocycles. The second kappa shape index (κ2) is 9.59. The molecule has 0 radical (unpaired) electrons. The van der Waals surface area contributed by atoms with E-state index in [0.29, 0.717) is 32.6 Å². The number of carbonyl (C=O) groups excluding carboxylic acids is 1. The Balaban J connectivity index is 1.29. The van der Waals surface area contributed by atoms with E-state index in [2.05, 4.69) is 50.8 Å². The van der Waals surface area contributed by atoms with E-state index in [1.807, 2.05) is 25.4 Å². The monoisotopic (exact) mass is 462 g/mol. The SMILES string of the molecule is CCCC(F)OC(=O)N1CCN(c2cccc(-n3cnc4cc(-c5ccoc5)ccc43)c2)CC1. The number of piperazine rings is 1. The fourth-order valence-electron chi connectivity index (χ4n) is 4.28. The van der Waals surface area contributed by atoms with Crippen LogP contribution in [0.5, 0.6) is 0 Å². The van der Waals surface area contributed by atoms with Gasteiger partial charge in [-0.25, -0.2) is 14.2 Å². The van der Waals surface area contributed by atoms with Crippen molar-refractivity contribution in [3.8, 4) is 16.8 Å². The lowest BCUT2D eigenvalue weighted by molar-refractivity contribution is -0.0116. The number of fused-ring (bicyclic) bond motifs is 1. The first kappa shape index (κ1) is 22.0. The van der Waals surface area contributed by atoms with Crippen LogP contribution >= 0.6 is 0 Å². The van der Waals surface area contributed by atoms with Gasteiger partial charge in [0.15, 0.2) is 0 Å². The van der Waals surface area contributed by atoms with Crippen LogP contribution in [0.1, 0.15) is 19.8 Å². The Morgan fingerprint density at radius 1 is 1.09 bits per heavy atom. The van der Waals surface area contributed by atoms with Crippen LogP contribution in [0.25, 0.3) is 27.8 Å². The summed E-state index contributed by atoms with van der Waals surface area (Å²) in [6.45, 7) is 4.15. The first-order valence-corrected chi connectivity index (χ1v) is 11.6. The lowest BCUT2D eigenvalue weighted by Crippen LogP contribution is -2.49. The number of benzene rings is 2. The van der Waals surface area contributed by atoms with Crippen LogP contribution in [0.15, 0.2) is 71.8 Å². The summed E-state index contributed by atoms with van der Waals surface area (Å²) in [6, 6.07) is 16.4. The first-order chi connectivity index (χ1) is 16.6. The molecule has 3 heterocycles. The van der Waals surface area contributed by atoms with Crippen molar-refractivity contribution >= 4 is 22.8 Å². The summed E-state index contributed by atoms with van der Waals surface area (Å²) >= 11 is 0. The summed E-state index contributed by atoms with van der Waals surface area (Å²) < 4.78 is 25.8. The molecule has 0 bridgehead atoms. The van der Waals surface area contributed by atoms with E-state index in [1.165, 1.54) is 0 Å². The molecule has 34 heavy (non-hydrogen) atoms. The largest absolute Gasteiger partial charge is 0.472 e. The molecule has 1 aliphatic heterocycles. The van der Waals surface area contributed by atoms with Gasteiger partial charge >= 0.3 is 6.09 Å². The van der Waals surface area contributed by atoms with Gasteiger partial charge in [-0.15, -0.1) is 0 Å². The third-order valence-electron chi connectivity index (χ3n) is 6.16. The number of hydrogen-bond acceptors (Lipinski definition) is 5. The Labute approximate surface area is 197 Å². The maximum atomic E-state index is 13.6. The van der Waals surface area contributed by atoms with Crippen molar-refractivity contribution in [2.45, 2.75) is 26.1 Å². The molecule has 8 heteroatoms. The minimum absolute atomic E-state index is 0.228. The van der Waals surface area contributed by atoms with E-state index in [0.717, 1.165) is 33.5 Å². The van der Waals surface area contributed by atoms with E-state index in [9.17, 15) is 9.18 Å². The van der Waals surface area contributed by atoms with Gasteiger partial charge < -0.3 is 19.0 Å². The number of carbonyl (C=O) groups is 1. The molecule has 0 saturated carbocycles. The van der Waals surface area contributed by atoms with E-state index in [1.54, 1.807) is 17.4 Å². The average molecular weight is 463 g/mol. The van der Waals surface area contributed by atoms with E-state index in [-0.39, 0.29) is 6.42 Å². The van der Waals surface area contributed by atoms with Crippen LogP contribution < -0.4 is 4.90 Å². The van der Waals surface area contributed by atoms with Gasteiger partial charge in [0.1, 0.15) is 6.33 Å². The quantitative estimate of drug-likeness (QED) is 0.371. The molecule has 4 aromatic rings. The first-order valence-electron chi connectivity index (χ1n) is 11.6. The normalized spacial score (nSPS) is 15.0. The van der Waals surface area contributed by atoms with Crippen LogP contribution in [-0.4, -0.2) is 53.1 Å². The van der Waals surface area contributed by atoms with E-state index >= 15 is 0 Å². The summed E-state index contributed by atoms with van der Waals surface area (Å²) in [5.41, 5.74) is 6.09. The van der Waals surface area contributed by atoms with Crippen molar-refractivity contribution in [3.05, 3.63) is 67.4 Å². The van der Waals surface area contributed by atoms with Crippen LogP contribution in [-0.2, 0) is 4.74 Å². The number of hydrogen-bond donors (Lipinski definition) is 0. The molecule has 1 aliphatic rings. The molecule has 7 nitrogen and oxygen atoms in total. The maximum absolute atomic E-state index is 13.6. The number of imidazole rings is 1. The van der Waals surface area contributed by atoms with Gasteiger partial charge in [0.2, 0.25) is 6.36 Å². The highest BCUT2D eigenvalue weighted by Crippen LogP contribution is 2.27. The molecule has 2 aromatic heterocycles. The molecular weight excluding hydrogens is 435 g/mol. The van der Waals surface area contributed by atoms with Gasteiger partial charge in [-0.2, -0.15) is 0 Å². The smallest absolute Gasteiger partial charge is 0.412 e. The van der Waals surface area contributed by atoms with Gasteiger partial charge in [0.25, 0.3) is 0 Å². The zero-order chi connectivity index (χ0) is 23.5. The summed E-state index contributed by atoms with van der Waals surface area (Å²) in [7, 11) is 0. The van der Waals surface area contributed by atoms with Crippen molar-refractivity contribution in [1.29, 1.82) is 0 Å². The zero-order valence-corrected chi connectivity index (χ0v) is 19.1. The highest BCUT2D eigenvalue weighted by Gasteiger charge is 2.24. The fourth-order valence-corrected chi connectivity index (χ4v) is 4.28. The molecule has 1 atom stereocenters. The summed E-state index contributed by atoms with van der Waals surface area (Å²) in [6.07, 6.45) is 3.98. The molecular formula is C26H27FN4O3. The van der Waals surface area contributed by atoms with Crippen molar-refractivity contribution in [2.75, 3.05) is 31.1 Å². The average Bonchev–Trinajstić information content (AvgIpc) is 3.54. The van der Waals surface area contributed by atoms with Crippen LogP contribution in [0.3, 0.4) is 0 Å². The van der Waals surface area contributed by atoms with E-state index < -0.39 is 12.5 Å². The highest BCUT2D eigenvalue weighted by molar-refractivity contribution is 5.83. The van der Waals surface area contributed by atoms with Gasteiger partial charge in [0, 0.05) is 49.5 Å². The van der Waals surface area contributed by atoms with Crippen molar-refractivity contribution in [2.24, 2.45) is 0 Å². The summed E-state index contributed by atoms with van der Waals surface area (Å²) in [5, 5.41) is 0. The minimum Gasteiger partial charge on any atom is -0.472 e. The maximum Gasteiger partial charge on any atom is 0.412 e. The standard InChI is InChI=1S/C26H27FN4O3/c1-2-4-25(27)34-26(32)30-12-10-29(11-13-30)21-5-3-6-22(16-21)31-18-28-23-15-19(7-8-24(23)31)20-9-14-33-17-20/h3,5-9,14-18,25H,2,4,10-13H2,1H3. The zero-order valence-electron chi connectivity index (χ0n) is 19.1. The number of ether oxygens (including phenoxy) is 1. The fraction of sp³-hybridized carbons (Fsp3) is 0.308. The van der Waals surface area contributed by atoms with Crippen LogP contribution in [0, 0.1) is 0 Å². The number of nitrogens with zero attached hydrogens (tertiary/aromatic N) is 4. The molecule has 5 rings (SSSR count). The van der Waals surface area contributed by atoms with Gasteiger partial charge in [-0.1, -0.05) is 19.1 Å². The number of amides is 1. The third-order valence-corrected chi connectivity index (χ3v) is 6.16. The van der Waals surface area contributed by atoms with Crippen molar-refractivity contribution < 1.29 is 18.3 Å². The Bertz CT molecular complexity index is 1260. The van der Waals surface area contributed by atoms with Gasteiger partial charge in [-0.05, 0) is 48.4 Å². The Kier molecular flexibility index (Phi) is 6.20. The minimum atomic E-state index is -1.53. The second-order valence-electron chi connectivity index (χ2n) is 8.41. The molecule has 0 spiro atoms. The second-order valence-corrected chi connectivity index (χ2v) is 8.41. The third kappa shape index (κ3) is 4.48. The predicted octanol–water partition coefficient (Wildman–Crippen LogP) is 5.64.